The fraction of sp³-hybridized carbons (Fsp3) is 0.300. The summed E-state index contributed by atoms with van der Waals surface area (Å²) < 4.78 is 16.3. The van der Waals surface area contributed by atoms with Gasteiger partial charge in [0.1, 0.15) is 12.4 Å². The number of aliphatic hydroxyl groups is 1. The molecule has 1 aromatic heterocycles. The van der Waals surface area contributed by atoms with Gasteiger partial charge in [0.15, 0.2) is 17.3 Å². The first-order chi connectivity index (χ1) is 12.6. The van der Waals surface area contributed by atoms with Gasteiger partial charge in [0.05, 0.1) is 26.3 Å². The molecule has 1 N–H and O–H groups in total. The van der Waals surface area contributed by atoms with Crippen molar-refractivity contribution in [3.63, 3.8) is 0 Å². The van der Waals surface area contributed by atoms with Gasteiger partial charge in [-0.3, -0.25) is 0 Å². The molecular weight excluding hydrogens is 332 g/mol. The first kappa shape index (κ1) is 17.9. The lowest BCUT2D eigenvalue weighted by atomic mass is 10.0. The van der Waals surface area contributed by atoms with E-state index in [2.05, 4.69) is 9.97 Å². The van der Waals surface area contributed by atoms with E-state index in [9.17, 15) is 0 Å². The summed E-state index contributed by atoms with van der Waals surface area (Å²) >= 11 is 0. The van der Waals surface area contributed by atoms with E-state index in [1.54, 1.807) is 20.4 Å². The van der Waals surface area contributed by atoms with Gasteiger partial charge in [0.25, 0.3) is 0 Å². The van der Waals surface area contributed by atoms with Gasteiger partial charge in [0, 0.05) is 23.2 Å². The Kier molecular flexibility index (Phi) is 5.23. The topological polar surface area (TPSA) is 73.7 Å². The van der Waals surface area contributed by atoms with Crippen molar-refractivity contribution in [1.82, 2.24) is 9.97 Å². The molecular formula is C20H22N2O4. The lowest BCUT2D eigenvalue weighted by molar-refractivity contribution is 0.200. The minimum absolute atomic E-state index is 0.0142. The Bertz CT molecular complexity index is 917. The van der Waals surface area contributed by atoms with Crippen LogP contribution in [0.5, 0.6) is 17.2 Å². The Morgan fingerprint density at radius 3 is 2.23 bits per heavy atom. The quantitative estimate of drug-likeness (QED) is 0.732. The van der Waals surface area contributed by atoms with E-state index >= 15 is 0 Å². The molecule has 0 bridgehead atoms. The number of methoxy groups -OCH3 is 2. The zero-order valence-electron chi connectivity index (χ0n) is 15.4. The normalized spacial score (nSPS) is 10.8. The second kappa shape index (κ2) is 7.58. The van der Waals surface area contributed by atoms with E-state index in [4.69, 9.17) is 19.3 Å². The molecule has 1 heterocycles. The third-order valence-corrected chi connectivity index (χ3v) is 4.14. The average Bonchev–Trinajstić information content (AvgIpc) is 2.65. The van der Waals surface area contributed by atoms with Crippen molar-refractivity contribution in [1.29, 1.82) is 0 Å². The predicted molar refractivity (Wildman–Crippen MR) is 100 cm³/mol. The van der Waals surface area contributed by atoms with Crippen LogP contribution in [0.4, 0.5) is 0 Å². The van der Waals surface area contributed by atoms with Crippen molar-refractivity contribution in [2.45, 2.75) is 13.8 Å². The zero-order chi connectivity index (χ0) is 18.7. The van der Waals surface area contributed by atoms with Crippen LogP contribution in [-0.2, 0) is 0 Å². The third-order valence-electron chi connectivity index (χ3n) is 4.14. The molecule has 3 aromatic rings. The number of rotatable bonds is 6. The largest absolute Gasteiger partial charge is 0.493 e. The molecule has 0 saturated carbocycles. The summed E-state index contributed by atoms with van der Waals surface area (Å²) in [6.45, 7) is 4.20. The van der Waals surface area contributed by atoms with Gasteiger partial charge in [-0.2, -0.15) is 0 Å². The molecule has 2 aromatic carbocycles. The van der Waals surface area contributed by atoms with Crippen molar-refractivity contribution >= 4 is 10.9 Å². The number of fused-ring (bicyclic) bond motifs is 1. The highest BCUT2D eigenvalue weighted by atomic mass is 16.5. The summed E-state index contributed by atoms with van der Waals surface area (Å²) in [5, 5.41) is 9.84. The van der Waals surface area contributed by atoms with Crippen LogP contribution >= 0.6 is 0 Å². The highest BCUT2D eigenvalue weighted by Gasteiger charge is 2.12. The number of ether oxygens (including phenoxy) is 3. The van der Waals surface area contributed by atoms with Crippen LogP contribution in [0.25, 0.3) is 22.3 Å². The Balaban J connectivity index is 2.05. The maximum absolute atomic E-state index is 8.96. The van der Waals surface area contributed by atoms with Crippen LogP contribution < -0.4 is 14.2 Å². The number of nitrogens with zero attached hydrogens (tertiary/aromatic N) is 2. The summed E-state index contributed by atoms with van der Waals surface area (Å²) in [6.07, 6.45) is 1.78. The van der Waals surface area contributed by atoms with Gasteiger partial charge in [-0.1, -0.05) is 0 Å². The van der Waals surface area contributed by atoms with Gasteiger partial charge in [-0.25, -0.2) is 9.97 Å². The van der Waals surface area contributed by atoms with Gasteiger partial charge in [-0.05, 0) is 43.2 Å². The van der Waals surface area contributed by atoms with E-state index in [0.29, 0.717) is 17.3 Å². The van der Waals surface area contributed by atoms with Crippen LogP contribution in [0.2, 0.25) is 0 Å². The maximum atomic E-state index is 8.96. The molecule has 0 amide bonds. The van der Waals surface area contributed by atoms with Crippen molar-refractivity contribution in [3.8, 4) is 28.6 Å². The monoisotopic (exact) mass is 354 g/mol. The minimum Gasteiger partial charge on any atom is -0.493 e. The molecule has 6 heteroatoms. The molecule has 0 saturated heterocycles. The SMILES string of the molecule is COc1cc2cnc(-c3cc(C)c(OCCO)c(C)c3)nc2cc1OC. The predicted octanol–water partition coefficient (Wildman–Crippen LogP) is 3.30. The summed E-state index contributed by atoms with van der Waals surface area (Å²) in [5.74, 6) is 2.69. The summed E-state index contributed by atoms with van der Waals surface area (Å²) in [6, 6.07) is 7.68. The smallest absolute Gasteiger partial charge is 0.162 e. The van der Waals surface area contributed by atoms with E-state index < -0.39 is 0 Å². The summed E-state index contributed by atoms with van der Waals surface area (Å²) in [5.41, 5.74) is 3.64. The molecule has 6 nitrogen and oxygen atoms in total. The Labute approximate surface area is 152 Å². The first-order valence-corrected chi connectivity index (χ1v) is 8.31. The Hall–Kier alpha value is -2.86. The Morgan fingerprint density at radius 1 is 0.962 bits per heavy atom. The van der Waals surface area contributed by atoms with Crippen molar-refractivity contribution < 1.29 is 19.3 Å². The van der Waals surface area contributed by atoms with Crippen molar-refractivity contribution in [2.75, 3.05) is 27.4 Å². The van der Waals surface area contributed by atoms with Crippen LogP contribution in [0.3, 0.4) is 0 Å². The fourth-order valence-electron chi connectivity index (χ4n) is 2.95. The zero-order valence-corrected chi connectivity index (χ0v) is 15.4. The molecule has 0 spiro atoms. The highest BCUT2D eigenvalue weighted by Crippen LogP contribution is 2.33. The second-order valence-corrected chi connectivity index (χ2v) is 5.97. The van der Waals surface area contributed by atoms with E-state index in [1.165, 1.54) is 0 Å². The molecule has 136 valence electrons. The van der Waals surface area contributed by atoms with Crippen LogP contribution in [0.1, 0.15) is 11.1 Å². The fourth-order valence-corrected chi connectivity index (χ4v) is 2.95. The molecule has 26 heavy (non-hydrogen) atoms. The molecule has 0 radical (unpaired) electrons. The molecule has 0 aliphatic rings. The van der Waals surface area contributed by atoms with Gasteiger partial charge in [-0.15, -0.1) is 0 Å². The second-order valence-electron chi connectivity index (χ2n) is 5.97. The van der Waals surface area contributed by atoms with E-state index in [-0.39, 0.29) is 13.2 Å². The molecule has 0 atom stereocenters. The first-order valence-electron chi connectivity index (χ1n) is 8.31. The van der Waals surface area contributed by atoms with Gasteiger partial charge < -0.3 is 19.3 Å². The van der Waals surface area contributed by atoms with Crippen LogP contribution in [0.15, 0.2) is 30.5 Å². The Morgan fingerprint density at radius 2 is 1.62 bits per heavy atom. The highest BCUT2D eigenvalue weighted by molar-refractivity contribution is 5.83. The maximum Gasteiger partial charge on any atom is 0.162 e. The molecule has 3 rings (SSSR count). The van der Waals surface area contributed by atoms with Gasteiger partial charge >= 0.3 is 0 Å². The van der Waals surface area contributed by atoms with E-state index in [1.807, 2.05) is 38.1 Å². The number of hydrogen-bond acceptors (Lipinski definition) is 6. The van der Waals surface area contributed by atoms with E-state index in [0.717, 1.165) is 33.3 Å². The molecule has 0 fully saturated rings. The summed E-state index contributed by atoms with van der Waals surface area (Å²) in [4.78, 5) is 9.17. The molecule has 0 aliphatic heterocycles. The van der Waals surface area contributed by atoms with Crippen molar-refractivity contribution in [3.05, 3.63) is 41.6 Å². The summed E-state index contributed by atoms with van der Waals surface area (Å²) in [7, 11) is 3.20. The number of aliphatic hydroxyl groups excluding tert-OH is 1. The number of aryl methyl sites for hydroxylation is 2. The lowest BCUT2D eigenvalue weighted by Gasteiger charge is -2.13. The number of hydrogen-bond donors (Lipinski definition) is 1. The molecule has 0 unspecified atom stereocenters. The van der Waals surface area contributed by atoms with Crippen LogP contribution in [0, 0.1) is 13.8 Å². The molecule has 0 aliphatic carbocycles. The van der Waals surface area contributed by atoms with Gasteiger partial charge in [0.2, 0.25) is 0 Å². The minimum atomic E-state index is -0.0142. The average molecular weight is 354 g/mol. The van der Waals surface area contributed by atoms with Crippen LogP contribution in [-0.4, -0.2) is 42.5 Å². The number of aromatic nitrogens is 2. The standard InChI is InChI=1S/C20H22N2O4/c1-12-7-14(8-13(2)19(12)26-6-5-23)20-21-11-15-9-17(24-3)18(25-4)10-16(15)22-20/h7-11,23H,5-6H2,1-4H3. The number of benzene rings is 2. The lowest BCUT2D eigenvalue weighted by Crippen LogP contribution is -2.04. The third kappa shape index (κ3) is 3.41. The van der Waals surface area contributed by atoms with Crippen molar-refractivity contribution in [2.24, 2.45) is 0 Å².